The van der Waals surface area contributed by atoms with Crippen LogP contribution in [0.4, 0.5) is 0 Å². The van der Waals surface area contributed by atoms with E-state index in [1.165, 1.54) is 0 Å². The zero-order valence-corrected chi connectivity index (χ0v) is 11.6. The third-order valence-corrected chi connectivity index (χ3v) is 3.13. The average Bonchev–Trinajstić information content (AvgIpc) is 2.40. The van der Waals surface area contributed by atoms with Crippen LogP contribution < -0.4 is 4.74 Å². The summed E-state index contributed by atoms with van der Waals surface area (Å²) in [6.45, 7) is 2.08. The average molecular weight is 302 g/mol. The zero-order chi connectivity index (χ0) is 13.0. The van der Waals surface area contributed by atoms with Crippen molar-refractivity contribution in [2.45, 2.75) is 13.3 Å². The SMILES string of the molecule is CCc1ccccc1Oc1cc(Br)ccc1C#N. The van der Waals surface area contributed by atoms with E-state index in [-0.39, 0.29) is 0 Å². The van der Waals surface area contributed by atoms with E-state index in [4.69, 9.17) is 10.00 Å². The van der Waals surface area contributed by atoms with Gasteiger partial charge in [-0.3, -0.25) is 0 Å². The second-order valence-corrected chi connectivity index (χ2v) is 4.73. The number of hydrogen-bond acceptors (Lipinski definition) is 2. The first kappa shape index (κ1) is 12.7. The summed E-state index contributed by atoms with van der Waals surface area (Å²) < 4.78 is 6.74. The Balaban J connectivity index is 2.40. The van der Waals surface area contributed by atoms with E-state index in [0.29, 0.717) is 11.3 Å². The summed E-state index contributed by atoms with van der Waals surface area (Å²) in [7, 11) is 0. The monoisotopic (exact) mass is 301 g/mol. The van der Waals surface area contributed by atoms with E-state index in [9.17, 15) is 0 Å². The smallest absolute Gasteiger partial charge is 0.146 e. The van der Waals surface area contributed by atoms with Gasteiger partial charge in [-0.1, -0.05) is 41.1 Å². The Morgan fingerprint density at radius 3 is 2.67 bits per heavy atom. The van der Waals surface area contributed by atoms with Gasteiger partial charge < -0.3 is 4.74 Å². The number of para-hydroxylation sites is 1. The van der Waals surface area contributed by atoms with Crippen molar-refractivity contribution >= 4 is 15.9 Å². The highest BCUT2D eigenvalue weighted by Crippen LogP contribution is 2.30. The van der Waals surface area contributed by atoms with Gasteiger partial charge in [0.05, 0.1) is 5.56 Å². The van der Waals surface area contributed by atoms with Crippen molar-refractivity contribution in [1.82, 2.24) is 0 Å². The minimum absolute atomic E-state index is 0.532. The molecule has 0 amide bonds. The van der Waals surface area contributed by atoms with Gasteiger partial charge >= 0.3 is 0 Å². The summed E-state index contributed by atoms with van der Waals surface area (Å²) in [4.78, 5) is 0. The topological polar surface area (TPSA) is 33.0 Å². The molecule has 0 spiro atoms. The summed E-state index contributed by atoms with van der Waals surface area (Å²) in [6, 6.07) is 15.4. The Labute approximate surface area is 115 Å². The first-order valence-corrected chi connectivity index (χ1v) is 6.49. The van der Waals surface area contributed by atoms with E-state index in [1.807, 2.05) is 36.4 Å². The van der Waals surface area contributed by atoms with E-state index in [2.05, 4.69) is 28.9 Å². The van der Waals surface area contributed by atoms with Crippen LogP contribution in [0.25, 0.3) is 0 Å². The molecule has 0 N–H and O–H groups in total. The summed E-state index contributed by atoms with van der Waals surface area (Å²) in [5.41, 5.74) is 1.66. The molecule has 0 unspecified atom stereocenters. The molecule has 2 aromatic carbocycles. The fourth-order valence-corrected chi connectivity index (χ4v) is 2.03. The van der Waals surface area contributed by atoms with E-state index in [1.54, 1.807) is 6.07 Å². The van der Waals surface area contributed by atoms with Crippen LogP contribution in [0.1, 0.15) is 18.1 Å². The second-order valence-electron chi connectivity index (χ2n) is 3.82. The molecule has 18 heavy (non-hydrogen) atoms. The standard InChI is InChI=1S/C15H12BrNO/c1-2-11-5-3-4-6-14(11)18-15-9-13(16)8-7-12(15)10-17/h3-9H,2H2,1H3. The number of nitrogens with zero attached hydrogens (tertiary/aromatic N) is 1. The van der Waals surface area contributed by atoms with Crippen molar-refractivity contribution in [3.63, 3.8) is 0 Å². The summed E-state index contributed by atoms with van der Waals surface area (Å²) >= 11 is 3.39. The van der Waals surface area contributed by atoms with Gasteiger partial charge in [0, 0.05) is 4.47 Å². The molecular weight excluding hydrogens is 290 g/mol. The summed E-state index contributed by atoms with van der Waals surface area (Å²) in [5, 5.41) is 9.07. The lowest BCUT2D eigenvalue weighted by Gasteiger charge is -2.11. The Morgan fingerprint density at radius 1 is 1.17 bits per heavy atom. The van der Waals surface area contributed by atoms with Crippen molar-refractivity contribution in [1.29, 1.82) is 5.26 Å². The minimum atomic E-state index is 0.532. The maximum atomic E-state index is 9.07. The Hall–Kier alpha value is -1.79. The van der Waals surface area contributed by atoms with Crippen molar-refractivity contribution < 1.29 is 4.74 Å². The van der Waals surface area contributed by atoms with Gasteiger partial charge in [-0.25, -0.2) is 0 Å². The minimum Gasteiger partial charge on any atom is -0.456 e. The van der Waals surface area contributed by atoms with Gasteiger partial charge in [0.2, 0.25) is 0 Å². The maximum Gasteiger partial charge on any atom is 0.146 e. The van der Waals surface area contributed by atoms with Gasteiger partial charge in [-0.15, -0.1) is 0 Å². The van der Waals surface area contributed by atoms with Gasteiger partial charge in [-0.05, 0) is 36.2 Å². The van der Waals surface area contributed by atoms with Crippen LogP contribution >= 0.6 is 15.9 Å². The van der Waals surface area contributed by atoms with Crippen LogP contribution in [0.3, 0.4) is 0 Å². The number of benzene rings is 2. The second kappa shape index (κ2) is 5.70. The number of aryl methyl sites for hydroxylation is 1. The molecule has 0 bridgehead atoms. The number of hydrogen-bond donors (Lipinski definition) is 0. The largest absolute Gasteiger partial charge is 0.456 e. The Bertz CT molecular complexity index is 602. The predicted octanol–water partition coefficient (Wildman–Crippen LogP) is 4.68. The van der Waals surface area contributed by atoms with Crippen molar-refractivity contribution in [3.05, 3.63) is 58.1 Å². The molecule has 0 aromatic heterocycles. The summed E-state index contributed by atoms with van der Waals surface area (Å²) in [6.07, 6.45) is 0.895. The lowest BCUT2D eigenvalue weighted by molar-refractivity contribution is 0.475. The molecule has 2 aromatic rings. The molecular formula is C15H12BrNO. The quantitative estimate of drug-likeness (QED) is 0.825. The number of ether oxygens (including phenoxy) is 1. The van der Waals surface area contributed by atoms with Crippen LogP contribution in [0.5, 0.6) is 11.5 Å². The molecule has 0 saturated heterocycles. The third kappa shape index (κ3) is 2.72. The predicted molar refractivity (Wildman–Crippen MR) is 74.8 cm³/mol. The van der Waals surface area contributed by atoms with Gasteiger partial charge in [0.15, 0.2) is 0 Å². The Morgan fingerprint density at radius 2 is 1.94 bits per heavy atom. The molecule has 0 aliphatic rings. The number of halogens is 1. The highest BCUT2D eigenvalue weighted by molar-refractivity contribution is 9.10. The fraction of sp³-hybridized carbons (Fsp3) is 0.133. The molecule has 2 nitrogen and oxygen atoms in total. The molecule has 3 heteroatoms. The lowest BCUT2D eigenvalue weighted by atomic mass is 10.1. The molecule has 0 atom stereocenters. The lowest BCUT2D eigenvalue weighted by Crippen LogP contribution is -1.92. The van der Waals surface area contributed by atoms with E-state index >= 15 is 0 Å². The van der Waals surface area contributed by atoms with E-state index in [0.717, 1.165) is 22.2 Å². The van der Waals surface area contributed by atoms with Crippen LogP contribution in [-0.2, 0) is 6.42 Å². The van der Waals surface area contributed by atoms with Crippen molar-refractivity contribution in [3.8, 4) is 17.6 Å². The molecule has 0 heterocycles. The van der Waals surface area contributed by atoms with Gasteiger partial charge in [-0.2, -0.15) is 5.26 Å². The third-order valence-electron chi connectivity index (χ3n) is 2.64. The highest BCUT2D eigenvalue weighted by atomic mass is 79.9. The first-order valence-electron chi connectivity index (χ1n) is 5.70. The van der Waals surface area contributed by atoms with Crippen LogP contribution in [0, 0.1) is 11.3 Å². The van der Waals surface area contributed by atoms with Crippen molar-refractivity contribution in [2.24, 2.45) is 0 Å². The van der Waals surface area contributed by atoms with Gasteiger partial charge in [0.1, 0.15) is 17.6 Å². The molecule has 90 valence electrons. The number of rotatable bonds is 3. The normalized spacial score (nSPS) is 9.83. The van der Waals surface area contributed by atoms with Crippen LogP contribution in [0.2, 0.25) is 0 Å². The first-order chi connectivity index (χ1) is 8.74. The molecule has 0 saturated carbocycles. The fourth-order valence-electron chi connectivity index (χ4n) is 1.69. The summed E-state index contributed by atoms with van der Waals surface area (Å²) in [5.74, 6) is 1.38. The maximum absolute atomic E-state index is 9.07. The Kier molecular flexibility index (Phi) is 4.01. The zero-order valence-electron chi connectivity index (χ0n) is 9.98. The molecule has 2 rings (SSSR count). The van der Waals surface area contributed by atoms with Gasteiger partial charge in [0.25, 0.3) is 0 Å². The molecule has 0 aliphatic carbocycles. The molecule has 0 radical (unpaired) electrons. The molecule has 0 fully saturated rings. The highest BCUT2D eigenvalue weighted by Gasteiger charge is 2.07. The number of nitriles is 1. The van der Waals surface area contributed by atoms with E-state index < -0.39 is 0 Å². The van der Waals surface area contributed by atoms with Crippen molar-refractivity contribution in [2.75, 3.05) is 0 Å². The van der Waals surface area contributed by atoms with Crippen LogP contribution in [0.15, 0.2) is 46.9 Å². The van der Waals surface area contributed by atoms with Crippen LogP contribution in [-0.4, -0.2) is 0 Å². The molecule has 0 aliphatic heterocycles.